The second-order valence-electron chi connectivity index (χ2n) is 12.1. The fourth-order valence-corrected chi connectivity index (χ4v) is 5.29. The molecule has 232 valence electrons. The third kappa shape index (κ3) is 7.56. The minimum absolute atomic E-state index is 0.0143. The molecule has 0 aliphatic rings. The number of carboxylic acids is 1. The fourth-order valence-electron chi connectivity index (χ4n) is 5.29. The Labute approximate surface area is 254 Å². The zero-order valence-electron chi connectivity index (χ0n) is 25.3. The Hall–Kier alpha value is -4.40. The number of benzene rings is 3. The lowest BCUT2D eigenvalue weighted by atomic mass is 9.87. The van der Waals surface area contributed by atoms with E-state index in [-0.39, 0.29) is 30.1 Å². The van der Waals surface area contributed by atoms with Gasteiger partial charge in [0, 0.05) is 29.1 Å². The molecule has 0 aliphatic carbocycles. The summed E-state index contributed by atoms with van der Waals surface area (Å²) in [6.07, 6.45) is -3.05. The van der Waals surface area contributed by atoms with Crippen LogP contribution in [0.15, 0.2) is 72.8 Å². The summed E-state index contributed by atoms with van der Waals surface area (Å²) < 4.78 is 42.8. The summed E-state index contributed by atoms with van der Waals surface area (Å²) in [7, 11) is 0. The van der Waals surface area contributed by atoms with Crippen molar-refractivity contribution < 1.29 is 32.7 Å². The van der Waals surface area contributed by atoms with Crippen molar-refractivity contribution in [2.75, 3.05) is 6.54 Å². The molecule has 1 aromatic heterocycles. The number of nitrogens with one attached hydrogen (secondary N) is 1. The first-order valence-electron chi connectivity index (χ1n) is 14.7. The molecule has 1 atom stereocenters. The van der Waals surface area contributed by atoms with Gasteiger partial charge in [-0.2, -0.15) is 13.2 Å². The highest BCUT2D eigenvalue weighted by molar-refractivity contribution is 6.02. The fraction of sp³-hybridized carbons (Fsp3) is 0.343. The minimum atomic E-state index is -4.53. The number of aliphatic carboxylic acids is 1. The predicted molar refractivity (Wildman–Crippen MR) is 164 cm³/mol. The highest BCUT2D eigenvalue weighted by atomic mass is 19.4. The number of ketones is 1. The number of fused-ring (bicyclic) bond motifs is 1. The van der Waals surface area contributed by atoms with Gasteiger partial charge in [0.05, 0.1) is 23.2 Å². The molecule has 2 N–H and O–H groups in total. The molecule has 44 heavy (non-hydrogen) atoms. The number of nitrogens with zero attached hydrogens (tertiary/aromatic N) is 1. The molecule has 6 nitrogen and oxygen atoms in total. The summed E-state index contributed by atoms with van der Waals surface area (Å²) in [5.41, 5.74) is 2.57. The zero-order chi connectivity index (χ0) is 32.2. The van der Waals surface area contributed by atoms with Gasteiger partial charge in [-0.1, -0.05) is 64.4 Å². The second-order valence-corrected chi connectivity index (χ2v) is 12.1. The van der Waals surface area contributed by atoms with Gasteiger partial charge in [-0.15, -0.1) is 0 Å². The van der Waals surface area contributed by atoms with Gasteiger partial charge < -0.3 is 15.0 Å². The predicted octanol–water partition coefficient (Wildman–Crippen LogP) is 7.99. The Kier molecular flexibility index (Phi) is 9.66. The van der Waals surface area contributed by atoms with E-state index in [0.717, 1.165) is 29.7 Å². The first-order chi connectivity index (χ1) is 20.7. The van der Waals surface area contributed by atoms with Crippen molar-refractivity contribution in [3.8, 4) is 5.69 Å². The lowest BCUT2D eigenvalue weighted by Crippen LogP contribution is -2.26. The second kappa shape index (κ2) is 13.1. The SMILES string of the molecule is CCCC(Cc1ccc(C(=O)NCCC(=O)O)cc1)C(=O)c1cc2ccc(C(F)(F)F)cc2n1-c1ccc(C(C)(C)C)cc1. The standard InChI is InChI=1S/C35H37F3N2O4/c1-5-6-25(19-22-7-9-23(10-8-22)33(44)39-18-17-31(41)42)32(43)30-20-24-11-12-27(35(36,37)38)21-29(24)40(30)28-15-13-26(14-16-28)34(2,3)4/h7-16,20-21,25H,5-6,17-19H2,1-4H3,(H,39,44)(H,41,42). The minimum Gasteiger partial charge on any atom is -0.481 e. The monoisotopic (exact) mass is 606 g/mol. The zero-order valence-corrected chi connectivity index (χ0v) is 25.3. The number of aromatic nitrogens is 1. The van der Waals surface area contributed by atoms with Crippen LogP contribution in [0.1, 0.15) is 84.5 Å². The number of halogens is 3. The van der Waals surface area contributed by atoms with E-state index in [1.165, 1.54) is 6.07 Å². The van der Waals surface area contributed by atoms with Gasteiger partial charge in [-0.05, 0) is 71.8 Å². The van der Waals surface area contributed by atoms with Gasteiger partial charge in [0.1, 0.15) is 0 Å². The quantitative estimate of drug-likeness (QED) is 0.169. The number of hydrogen-bond acceptors (Lipinski definition) is 3. The summed E-state index contributed by atoms with van der Waals surface area (Å²) >= 11 is 0. The molecule has 0 saturated heterocycles. The van der Waals surface area contributed by atoms with Crippen LogP contribution in [0.5, 0.6) is 0 Å². The van der Waals surface area contributed by atoms with Gasteiger partial charge >= 0.3 is 12.1 Å². The highest BCUT2D eigenvalue weighted by Crippen LogP contribution is 2.35. The molecule has 0 fully saturated rings. The molecular formula is C35H37F3N2O4. The summed E-state index contributed by atoms with van der Waals surface area (Å²) in [5.74, 6) is -2.02. The van der Waals surface area contributed by atoms with Crippen molar-refractivity contribution in [3.05, 3.63) is 101 Å². The summed E-state index contributed by atoms with van der Waals surface area (Å²) in [6, 6.07) is 19.5. The van der Waals surface area contributed by atoms with Crippen molar-refractivity contribution in [1.82, 2.24) is 9.88 Å². The maximum Gasteiger partial charge on any atom is 0.416 e. The molecule has 4 aromatic rings. The van der Waals surface area contributed by atoms with Gasteiger partial charge in [-0.25, -0.2) is 0 Å². The maximum absolute atomic E-state index is 14.2. The number of hydrogen-bond donors (Lipinski definition) is 2. The molecule has 0 radical (unpaired) electrons. The van der Waals surface area contributed by atoms with E-state index in [1.807, 2.05) is 31.2 Å². The number of rotatable bonds is 11. The Morgan fingerprint density at radius 1 is 0.886 bits per heavy atom. The average molecular weight is 607 g/mol. The molecule has 0 saturated carbocycles. The van der Waals surface area contributed by atoms with E-state index in [1.54, 1.807) is 34.9 Å². The van der Waals surface area contributed by atoms with Gasteiger partial charge in [0.2, 0.25) is 0 Å². The molecule has 9 heteroatoms. The molecule has 4 rings (SSSR count). The number of alkyl halides is 3. The topological polar surface area (TPSA) is 88.4 Å². The third-order valence-corrected chi connectivity index (χ3v) is 7.71. The highest BCUT2D eigenvalue weighted by Gasteiger charge is 2.32. The largest absolute Gasteiger partial charge is 0.481 e. The number of Topliss-reactive ketones (excluding diaryl/α,β-unsaturated/α-hetero) is 1. The molecule has 0 aliphatic heterocycles. The van der Waals surface area contributed by atoms with Crippen LogP contribution in [0.4, 0.5) is 13.2 Å². The maximum atomic E-state index is 14.2. The van der Waals surface area contributed by atoms with Crippen LogP contribution in [-0.2, 0) is 22.8 Å². The van der Waals surface area contributed by atoms with E-state index < -0.39 is 23.6 Å². The van der Waals surface area contributed by atoms with Crippen LogP contribution in [0.25, 0.3) is 16.6 Å². The van der Waals surface area contributed by atoms with Crippen molar-refractivity contribution in [2.24, 2.45) is 5.92 Å². The van der Waals surface area contributed by atoms with E-state index in [9.17, 15) is 27.6 Å². The number of carboxylic acid groups (broad SMARTS) is 1. The van der Waals surface area contributed by atoms with Crippen molar-refractivity contribution >= 4 is 28.6 Å². The van der Waals surface area contributed by atoms with E-state index >= 15 is 0 Å². The van der Waals surface area contributed by atoms with Gasteiger partial charge in [-0.3, -0.25) is 14.4 Å². The van der Waals surface area contributed by atoms with Crippen LogP contribution in [0.3, 0.4) is 0 Å². The lowest BCUT2D eigenvalue weighted by molar-refractivity contribution is -0.138. The average Bonchev–Trinajstić information content (AvgIpc) is 3.35. The Morgan fingerprint density at radius 2 is 1.52 bits per heavy atom. The van der Waals surface area contributed by atoms with E-state index in [4.69, 9.17) is 5.11 Å². The van der Waals surface area contributed by atoms with Crippen LogP contribution in [0.2, 0.25) is 0 Å². The Morgan fingerprint density at radius 3 is 2.09 bits per heavy atom. The van der Waals surface area contributed by atoms with E-state index in [2.05, 4.69) is 26.1 Å². The van der Waals surface area contributed by atoms with E-state index in [0.29, 0.717) is 40.7 Å². The first-order valence-corrected chi connectivity index (χ1v) is 14.7. The normalized spacial score (nSPS) is 12.7. The number of carbonyl (C=O) groups is 3. The third-order valence-electron chi connectivity index (χ3n) is 7.71. The summed E-state index contributed by atoms with van der Waals surface area (Å²) in [6.45, 7) is 8.21. The van der Waals surface area contributed by atoms with Gasteiger partial charge in [0.15, 0.2) is 5.78 Å². The molecule has 3 aromatic carbocycles. The Balaban J connectivity index is 1.70. The molecule has 1 heterocycles. The Bertz CT molecular complexity index is 1650. The van der Waals surface area contributed by atoms with Gasteiger partial charge in [0.25, 0.3) is 5.91 Å². The van der Waals surface area contributed by atoms with Crippen molar-refractivity contribution in [3.63, 3.8) is 0 Å². The van der Waals surface area contributed by atoms with Crippen LogP contribution < -0.4 is 5.32 Å². The molecule has 1 unspecified atom stereocenters. The molecule has 1 amide bonds. The lowest BCUT2D eigenvalue weighted by Gasteiger charge is -2.21. The van der Waals surface area contributed by atoms with Crippen LogP contribution in [0, 0.1) is 5.92 Å². The number of carbonyl (C=O) groups excluding carboxylic acids is 2. The molecular weight excluding hydrogens is 569 g/mol. The van der Waals surface area contributed by atoms with Crippen LogP contribution >= 0.6 is 0 Å². The van der Waals surface area contributed by atoms with Crippen molar-refractivity contribution in [2.45, 2.75) is 65.0 Å². The number of amides is 1. The first kappa shape index (κ1) is 32.5. The molecule has 0 bridgehead atoms. The summed E-state index contributed by atoms with van der Waals surface area (Å²) in [5, 5.41) is 11.9. The van der Waals surface area contributed by atoms with Crippen molar-refractivity contribution in [1.29, 1.82) is 0 Å². The summed E-state index contributed by atoms with van der Waals surface area (Å²) in [4.78, 5) is 37.3. The smallest absolute Gasteiger partial charge is 0.416 e. The molecule has 0 spiro atoms. The van der Waals surface area contributed by atoms with Crippen LogP contribution in [-0.4, -0.2) is 33.9 Å².